The third-order valence-electron chi connectivity index (χ3n) is 5.51. The van der Waals surface area contributed by atoms with Crippen molar-refractivity contribution >= 4 is 28.2 Å². The van der Waals surface area contributed by atoms with Crippen LogP contribution < -0.4 is 11.1 Å². The number of anilines is 1. The van der Waals surface area contributed by atoms with Crippen LogP contribution in [0.1, 0.15) is 51.1 Å². The summed E-state index contributed by atoms with van der Waals surface area (Å²) in [6.07, 6.45) is 2.83. The molecule has 8 heteroatoms. The Hall–Kier alpha value is -2.19. The zero-order chi connectivity index (χ0) is 20.6. The number of aryl methyl sites for hydroxylation is 2. The number of amides is 2. The molecule has 7 nitrogen and oxygen atoms in total. The molecule has 0 aliphatic heterocycles. The van der Waals surface area contributed by atoms with Gasteiger partial charge in [0.2, 0.25) is 5.91 Å². The zero-order valence-electron chi connectivity index (χ0n) is 17.3. The second-order valence-corrected chi connectivity index (χ2v) is 9.02. The number of nitrogens with zero attached hydrogens (tertiary/aromatic N) is 3. The summed E-state index contributed by atoms with van der Waals surface area (Å²) in [5, 5.41) is 7.95. The molecule has 0 saturated carbocycles. The summed E-state index contributed by atoms with van der Waals surface area (Å²) in [7, 11) is 3.82. The number of likely N-dealkylation sites (N-methyl/N-ethyl adjacent to an activating group) is 1. The number of hydrogen-bond donors (Lipinski definition) is 2. The SMILES string of the molecule is Cc1nn(C)c(C)c1CN(C)CC(=O)Nc1sc2c(c1C(N)=O)CC[C@H](C)C2. The van der Waals surface area contributed by atoms with Crippen LogP contribution in [0.4, 0.5) is 5.00 Å². The summed E-state index contributed by atoms with van der Waals surface area (Å²) in [6, 6.07) is 0. The number of primary amides is 1. The van der Waals surface area contributed by atoms with Crippen LogP contribution in [0.2, 0.25) is 0 Å². The van der Waals surface area contributed by atoms with Crippen molar-refractivity contribution in [3.8, 4) is 0 Å². The number of carbonyl (C=O) groups excluding carboxylic acids is 2. The Morgan fingerprint density at radius 1 is 1.39 bits per heavy atom. The molecule has 1 aliphatic carbocycles. The summed E-state index contributed by atoms with van der Waals surface area (Å²) in [6.45, 7) is 7.08. The van der Waals surface area contributed by atoms with Crippen LogP contribution in [0, 0.1) is 19.8 Å². The molecule has 3 rings (SSSR count). The molecule has 0 aromatic carbocycles. The maximum absolute atomic E-state index is 12.6. The van der Waals surface area contributed by atoms with E-state index in [0.29, 0.717) is 23.0 Å². The van der Waals surface area contributed by atoms with Crippen LogP contribution in [0.15, 0.2) is 0 Å². The molecular formula is C20H29N5O2S. The maximum Gasteiger partial charge on any atom is 0.251 e. The normalized spacial score (nSPS) is 16.3. The Balaban J connectivity index is 1.70. The smallest absolute Gasteiger partial charge is 0.251 e. The zero-order valence-corrected chi connectivity index (χ0v) is 18.1. The second-order valence-electron chi connectivity index (χ2n) is 7.91. The van der Waals surface area contributed by atoms with Gasteiger partial charge in [-0.25, -0.2) is 0 Å². The number of nitrogens with one attached hydrogen (secondary N) is 1. The van der Waals surface area contributed by atoms with E-state index in [-0.39, 0.29) is 12.5 Å². The van der Waals surface area contributed by atoms with Gasteiger partial charge >= 0.3 is 0 Å². The Kier molecular flexibility index (Phi) is 5.90. The molecule has 0 bridgehead atoms. The molecule has 2 amide bonds. The summed E-state index contributed by atoms with van der Waals surface area (Å²) in [5.41, 5.74) is 10.4. The average molecular weight is 404 g/mol. The van der Waals surface area contributed by atoms with Crippen molar-refractivity contribution in [1.82, 2.24) is 14.7 Å². The number of carbonyl (C=O) groups is 2. The monoisotopic (exact) mass is 403 g/mol. The first-order valence-corrected chi connectivity index (χ1v) is 10.4. The molecule has 28 heavy (non-hydrogen) atoms. The highest BCUT2D eigenvalue weighted by molar-refractivity contribution is 7.17. The van der Waals surface area contributed by atoms with Gasteiger partial charge < -0.3 is 11.1 Å². The highest BCUT2D eigenvalue weighted by Gasteiger charge is 2.27. The Bertz CT molecular complexity index is 914. The van der Waals surface area contributed by atoms with E-state index in [2.05, 4.69) is 17.3 Å². The number of rotatable bonds is 6. The molecule has 2 heterocycles. The van der Waals surface area contributed by atoms with Crippen molar-refractivity contribution in [2.45, 2.75) is 46.6 Å². The molecule has 1 aliphatic rings. The van der Waals surface area contributed by atoms with Crippen molar-refractivity contribution in [2.24, 2.45) is 18.7 Å². The molecule has 1 atom stereocenters. The van der Waals surface area contributed by atoms with E-state index in [1.165, 1.54) is 16.2 Å². The minimum atomic E-state index is -0.461. The summed E-state index contributed by atoms with van der Waals surface area (Å²) in [5.74, 6) is -0.0133. The summed E-state index contributed by atoms with van der Waals surface area (Å²) >= 11 is 1.50. The van der Waals surface area contributed by atoms with Crippen molar-refractivity contribution in [3.63, 3.8) is 0 Å². The standard InChI is InChI=1S/C20H29N5O2S/c1-11-6-7-14-16(8-11)28-20(18(14)19(21)27)22-17(26)10-24(4)9-15-12(2)23-25(5)13(15)3/h11H,6-10H2,1-5H3,(H2,21,27)(H,22,26)/t11-/m0/s1. The molecule has 2 aromatic rings. The quantitative estimate of drug-likeness (QED) is 0.774. The highest BCUT2D eigenvalue weighted by atomic mass is 32.1. The third kappa shape index (κ3) is 4.12. The van der Waals surface area contributed by atoms with Gasteiger partial charge in [-0.1, -0.05) is 6.92 Å². The van der Waals surface area contributed by atoms with Crippen LogP contribution in [0.25, 0.3) is 0 Å². The van der Waals surface area contributed by atoms with Crippen LogP contribution in [0.5, 0.6) is 0 Å². The van der Waals surface area contributed by atoms with Crippen LogP contribution in [0.3, 0.4) is 0 Å². The van der Waals surface area contributed by atoms with Crippen LogP contribution >= 0.6 is 11.3 Å². The predicted octanol–water partition coefficient (Wildman–Crippen LogP) is 2.39. The van der Waals surface area contributed by atoms with Gasteiger partial charge in [0.1, 0.15) is 5.00 Å². The molecule has 0 fully saturated rings. The molecule has 0 spiro atoms. The Morgan fingerprint density at radius 2 is 2.11 bits per heavy atom. The van der Waals surface area contributed by atoms with Crippen LogP contribution in [-0.2, 0) is 31.2 Å². The number of fused-ring (bicyclic) bond motifs is 1. The minimum absolute atomic E-state index is 0.143. The van der Waals surface area contributed by atoms with E-state index in [1.807, 2.05) is 37.5 Å². The number of nitrogens with two attached hydrogens (primary N) is 1. The van der Waals surface area contributed by atoms with Gasteiger partial charge in [-0.15, -0.1) is 11.3 Å². The van der Waals surface area contributed by atoms with Gasteiger partial charge in [0, 0.05) is 29.7 Å². The number of hydrogen-bond acceptors (Lipinski definition) is 5. The lowest BCUT2D eigenvalue weighted by Gasteiger charge is -2.18. The topological polar surface area (TPSA) is 93.2 Å². The van der Waals surface area contributed by atoms with Crippen molar-refractivity contribution in [1.29, 1.82) is 0 Å². The van der Waals surface area contributed by atoms with E-state index >= 15 is 0 Å². The highest BCUT2D eigenvalue weighted by Crippen LogP contribution is 2.39. The predicted molar refractivity (Wildman–Crippen MR) is 112 cm³/mol. The number of thiophene rings is 1. The lowest BCUT2D eigenvalue weighted by atomic mass is 9.88. The van der Waals surface area contributed by atoms with Crippen molar-refractivity contribution in [3.05, 3.63) is 33.0 Å². The minimum Gasteiger partial charge on any atom is -0.365 e. The Labute approximate surface area is 169 Å². The molecular weight excluding hydrogens is 374 g/mol. The molecule has 152 valence electrons. The van der Waals surface area contributed by atoms with E-state index in [9.17, 15) is 9.59 Å². The first-order valence-electron chi connectivity index (χ1n) is 9.59. The van der Waals surface area contributed by atoms with E-state index in [4.69, 9.17) is 5.73 Å². The van der Waals surface area contributed by atoms with Gasteiger partial charge in [-0.3, -0.25) is 19.2 Å². The fourth-order valence-electron chi connectivity index (χ4n) is 3.88. The van der Waals surface area contributed by atoms with E-state index in [1.54, 1.807) is 0 Å². The van der Waals surface area contributed by atoms with Gasteiger partial charge in [-0.2, -0.15) is 5.10 Å². The van der Waals surface area contributed by atoms with Crippen molar-refractivity contribution in [2.75, 3.05) is 18.9 Å². The fraction of sp³-hybridized carbons (Fsp3) is 0.550. The largest absolute Gasteiger partial charge is 0.365 e. The van der Waals surface area contributed by atoms with E-state index < -0.39 is 5.91 Å². The lowest BCUT2D eigenvalue weighted by Crippen LogP contribution is -2.30. The van der Waals surface area contributed by atoms with Gasteiger partial charge in [0.25, 0.3) is 5.91 Å². The van der Waals surface area contributed by atoms with Gasteiger partial charge in [-0.05, 0) is 51.6 Å². The molecule has 0 radical (unpaired) electrons. The first kappa shape index (κ1) is 20.5. The molecule has 3 N–H and O–H groups in total. The Morgan fingerprint density at radius 3 is 2.71 bits per heavy atom. The maximum atomic E-state index is 12.6. The van der Waals surface area contributed by atoms with Crippen LogP contribution in [-0.4, -0.2) is 40.1 Å². The van der Waals surface area contributed by atoms with Gasteiger partial charge in [0.15, 0.2) is 0 Å². The molecule has 2 aromatic heterocycles. The third-order valence-corrected chi connectivity index (χ3v) is 6.68. The molecule has 0 saturated heterocycles. The van der Waals surface area contributed by atoms with E-state index in [0.717, 1.165) is 41.8 Å². The first-order chi connectivity index (χ1) is 13.2. The number of aromatic nitrogens is 2. The summed E-state index contributed by atoms with van der Waals surface area (Å²) < 4.78 is 1.86. The van der Waals surface area contributed by atoms with Crippen molar-refractivity contribution < 1.29 is 9.59 Å². The van der Waals surface area contributed by atoms with Gasteiger partial charge in [0.05, 0.1) is 17.8 Å². The molecule has 0 unspecified atom stereocenters. The summed E-state index contributed by atoms with van der Waals surface area (Å²) in [4.78, 5) is 27.8. The lowest BCUT2D eigenvalue weighted by molar-refractivity contribution is -0.117. The second kappa shape index (κ2) is 8.05. The fourth-order valence-corrected chi connectivity index (χ4v) is 5.32. The average Bonchev–Trinajstić information content (AvgIpc) is 3.05.